The second kappa shape index (κ2) is 8.61. The van der Waals surface area contributed by atoms with Gasteiger partial charge in [0.1, 0.15) is 0 Å². The second-order valence-electron chi connectivity index (χ2n) is 3.76. The lowest BCUT2D eigenvalue weighted by molar-refractivity contribution is 0.137. The van der Waals surface area contributed by atoms with Crippen LogP contribution >= 0.6 is 0 Å². The van der Waals surface area contributed by atoms with Crippen molar-refractivity contribution < 1.29 is 34.3 Å². The third kappa shape index (κ3) is 13.7. The molecule has 1 unspecified atom stereocenters. The van der Waals surface area contributed by atoms with Gasteiger partial charge >= 0.3 is 20.8 Å². The molecule has 0 aromatic rings. The fourth-order valence-electron chi connectivity index (χ4n) is 1.36. The first-order chi connectivity index (χ1) is 8.64. The lowest BCUT2D eigenvalue weighted by Crippen LogP contribution is -2.20. The highest BCUT2D eigenvalue weighted by atomic mass is 32.3. The van der Waals surface area contributed by atoms with E-state index in [0.29, 0.717) is 12.8 Å². The lowest BCUT2D eigenvalue weighted by Gasteiger charge is -2.14. The molecule has 10 heteroatoms. The SMILES string of the molecule is C=CCCCCC(CCOS(=O)(=O)O)OS(=O)(=O)O. The maximum Gasteiger partial charge on any atom is 0.397 e. The average Bonchev–Trinajstić information content (AvgIpc) is 2.20. The Labute approximate surface area is 113 Å². The van der Waals surface area contributed by atoms with E-state index in [1.165, 1.54) is 0 Å². The van der Waals surface area contributed by atoms with Gasteiger partial charge in [-0.05, 0) is 25.7 Å². The van der Waals surface area contributed by atoms with Crippen molar-refractivity contribution in [3.8, 4) is 0 Å². The molecule has 0 bridgehead atoms. The first-order valence-electron chi connectivity index (χ1n) is 5.52. The van der Waals surface area contributed by atoms with Crippen LogP contribution in [0.4, 0.5) is 0 Å². The third-order valence-corrected chi connectivity index (χ3v) is 3.09. The Morgan fingerprint density at radius 1 is 1.05 bits per heavy atom. The van der Waals surface area contributed by atoms with Gasteiger partial charge in [0, 0.05) is 0 Å². The maximum atomic E-state index is 10.6. The zero-order valence-corrected chi connectivity index (χ0v) is 11.9. The Morgan fingerprint density at radius 3 is 2.16 bits per heavy atom. The topological polar surface area (TPSA) is 127 Å². The van der Waals surface area contributed by atoms with Gasteiger partial charge in [-0.3, -0.25) is 9.11 Å². The van der Waals surface area contributed by atoms with Crippen LogP contribution in [0.15, 0.2) is 12.7 Å². The summed E-state index contributed by atoms with van der Waals surface area (Å²) in [5.41, 5.74) is 0. The van der Waals surface area contributed by atoms with Gasteiger partial charge in [-0.1, -0.05) is 12.5 Å². The van der Waals surface area contributed by atoms with Crippen molar-refractivity contribution in [3.63, 3.8) is 0 Å². The fraction of sp³-hybridized carbons (Fsp3) is 0.778. The summed E-state index contributed by atoms with van der Waals surface area (Å²) in [6, 6.07) is 0. The van der Waals surface area contributed by atoms with Crippen LogP contribution in [-0.2, 0) is 29.2 Å². The summed E-state index contributed by atoms with van der Waals surface area (Å²) in [6.07, 6.45) is 3.10. The van der Waals surface area contributed by atoms with Crippen LogP contribution in [0.5, 0.6) is 0 Å². The molecular weight excluding hydrogens is 300 g/mol. The smallest absolute Gasteiger partial charge is 0.264 e. The molecule has 0 aliphatic rings. The van der Waals surface area contributed by atoms with Crippen LogP contribution in [0.3, 0.4) is 0 Å². The van der Waals surface area contributed by atoms with Crippen LogP contribution in [0.1, 0.15) is 32.1 Å². The standard InChI is InChI=1S/C9H18O8S2/c1-2-3-4-5-6-9(17-19(13,14)15)7-8-16-18(10,11)12/h2,9H,1,3-8H2,(H,10,11,12)(H,13,14,15). The molecule has 0 aromatic carbocycles. The minimum atomic E-state index is -4.62. The zero-order valence-electron chi connectivity index (χ0n) is 10.3. The molecule has 0 aliphatic carbocycles. The predicted octanol–water partition coefficient (Wildman–Crippen LogP) is 1.13. The van der Waals surface area contributed by atoms with E-state index >= 15 is 0 Å². The first kappa shape index (κ1) is 18.5. The van der Waals surface area contributed by atoms with Crippen molar-refractivity contribution in [2.24, 2.45) is 0 Å². The molecule has 0 saturated heterocycles. The molecule has 8 nitrogen and oxygen atoms in total. The molecule has 0 aromatic heterocycles. The fourth-order valence-corrected chi connectivity index (χ4v) is 2.20. The zero-order chi connectivity index (χ0) is 14.9. The molecule has 0 rings (SSSR count). The summed E-state index contributed by atoms with van der Waals surface area (Å²) >= 11 is 0. The molecule has 0 fully saturated rings. The normalized spacial score (nSPS) is 14.2. The highest BCUT2D eigenvalue weighted by Gasteiger charge is 2.18. The largest absolute Gasteiger partial charge is 0.397 e. The number of hydrogen-bond acceptors (Lipinski definition) is 6. The van der Waals surface area contributed by atoms with Crippen LogP contribution in [0.25, 0.3) is 0 Å². The molecule has 2 N–H and O–H groups in total. The van der Waals surface area contributed by atoms with Gasteiger partial charge in [0.25, 0.3) is 0 Å². The summed E-state index contributed by atoms with van der Waals surface area (Å²) in [5.74, 6) is 0. The Kier molecular flexibility index (Phi) is 8.38. The number of rotatable bonds is 11. The summed E-state index contributed by atoms with van der Waals surface area (Å²) in [6.45, 7) is 3.09. The second-order valence-corrected chi connectivity index (χ2v) is 5.90. The van der Waals surface area contributed by atoms with E-state index in [1.807, 2.05) is 0 Å². The van der Waals surface area contributed by atoms with E-state index in [1.54, 1.807) is 6.08 Å². The Morgan fingerprint density at radius 2 is 1.68 bits per heavy atom. The summed E-state index contributed by atoms with van der Waals surface area (Å²) < 4.78 is 67.2. The van der Waals surface area contributed by atoms with E-state index in [0.717, 1.165) is 12.8 Å². The van der Waals surface area contributed by atoms with E-state index < -0.39 is 33.5 Å². The molecule has 0 spiro atoms. The molecule has 1 atom stereocenters. The van der Waals surface area contributed by atoms with Gasteiger partial charge in [-0.2, -0.15) is 16.8 Å². The van der Waals surface area contributed by atoms with Crippen molar-refractivity contribution in [2.75, 3.05) is 6.61 Å². The van der Waals surface area contributed by atoms with Crippen LogP contribution in [0.2, 0.25) is 0 Å². The van der Waals surface area contributed by atoms with E-state index in [-0.39, 0.29) is 6.42 Å². The number of hydrogen-bond donors (Lipinski definition) is 2. The quantitative estimate of drug-likeness (QED) is 0.330. The van der Waals surface area contributed by atoms with E-state index in [2.05, 4.69) is 14.9 Å². The molecule has 0 radical (unpaired) electrons. The molecule has 0 amide bonds. The Balaban J connectivity index is 4.21. The van der Waals surface area contributed by atoms with E-state index in [4.69, 9.17) is 9.11 Å². The highest BCUT2D eigenvalue weighted by Crippen LogP contribution is 2.13. The maximum absolute atomic E-state index is 10.6. The van der Waals surface area contributed by atoms with Crippen LogP contribution in [-0.4, -0.2) is 38.7 Å². The van der Waals surface area contributed by atoms with Crippen molar-refractivity contribution >= 4 is 20.8 Å². The van der Waals surface area contributed by atoms with Gasteiger partial charge in [0.2, 0.25) is 0 Å². The van der Waals surface area contributed by atoms with Crippen molar-refractivity contribution in [2.45, 2.75) is 38.2 Å². The van der Waals surface area contributed by atoms with E-state index in [9.17, 15) is 16.8 Å². The molecule has 19 heavy (non-hydrogen) atoms. The van der Waals surface area contributed by atoms with Crippen LogP contribution in [0, 0.1) is 0 Å². The number of allylic oxidation sites excluding steroid dienone is 1. The van der Waals surface area contributed by atoms with Gasteiger partial charge in [0.05, 0.1) is 12.7 Å². The van der Waals surface area contributed by atoms with Gasteiger partial charge in [-0.15, -0.1) is 6.58 Å². The summed E-state index contributed by atoms with van der Waals surface area (Å²) in [5, 5.41) is 0. The van der Waals surface area contributed by atoms with Gasteiger partial charge in [-0.25, -0.2) is 8.37 Å². The van der Waals surface area contributed by atoms with Crippen LogP contribution < -0.4 is 0 Å². The van der Waals surface area contributed by atoms with Crippen molar-refractivity contribution in [3.05, 3.63) is 12.7 Å². The third-order valence-electron chi connectivity index (χ3n) is 2.11. The number of unbranched alkanes of at least 4 members (excludes halogenated alkanes) is 2. The van der Waals surface area contributed by atoms with Crippen molar-refractivity contribution in [1.29, 1.82) is 0 Å². The monoisotopic (exact) mass is 318 g/mol. The Bertz CT molecular complexity index is 453. The summed E-state index contributed by atoms with van der Waals surface area (Å²) in [7, 11) is -9.19. The minimum Gasteiger partial charge on any atom is -0.264 e. The molecule has 0 saturated carbocycles. The first-order valence-corrected chi connectivity index (χ1v) is 8.25. The molecule has 0 aliphatic heterocycles. The van der Waals surface area contributed by atoms with Gasteiger partial charge in [0.15, 0.2) is 0 Å². The van der Waals surface area contributed by atoms with Crippen molar-refractivity contribution in [1.82, 2.24) is 0 Å². The lowest BCUT2D eigenvalue weighted by atomic mass is 10.1. The molecule has 0 heterocycles. The Hall–Kier alpha value is -0.520. The minimum absolute atomic E-state index is 0.104. The molecule has 114 valence electrons. The highest BCUT2D eigenvalue weighted by molar-refractivity contribution is 7.81. The summed E-state index contributed by atoms with van der Waals surface area (Å²) in [4.78, 5) is 0. The predicted molar refractivity (Wildman–Crippen MR) is 67.2 cm³/mol. The average molecular weight is 318 g/mol. The van der Waals surface area contributed by atoms with Gasteiger partial charge < -0.3 is 0 Å². The molecular formula is C9H18O8S2.